The van der Waals surface area contributed by atoms with Gasteiger partial charge in [0, 0.05) is 58.2 Å². The van der Waals surface area contributed by atoms with E-state index in [-0.39, 0.29) is 17.9 Å². The number of nitrogens with two attached hydrogens (primary N) is 1. The summed E-state index contributed by atoms with van der Waals surface area (Å²) in [6, 6.07) is 22.7. The van der Waals surface area contributed by atoms with Crippen LogP contribution in [0, 0.1) is 5.92 Å². The van der Waals surface area contributed by atoms with Crippen molar-refractivity contribution in [2.75, 3.05) is 27.3 Å². The second-order valence-electron chi connectivity index (χ2n) is 12.4. The van der Waals surface area contributed by atoms with Gasteiger partial charge in [0.2, 0.25) is 5.91 Å². The summed E-state index contributed by atoms with van der Waals surface area (Å²) in [5.41, 5.74) is 11.5. The summed E-state index contributed by atoms with van der Waals surface area (Å²) in [5, 5.41) is 12.2. The fraction of sp³-hybridized carbons (Fsp3) is 0.324. The molecule has 0 radical (unpaired) electrons. The zero-order valence-corrected chi connectivity index (χ0v) is 26.9. The number of methoxy groups -OCH3 is 2. The van der Waals surface area contributed by atoms with Crippen LogP contribution >= 0.6 is 0 Å². The number of fused-ring (bicyclic) bond motifs is 2. The number of likely N-dealkylation sites (tertiary alicyclic amines) is 1. The van der Waals surface area contributed by atoms with Crippen molar-refractivity contribution in [3.63, 3.8) is 0 Å². The zero-order valence-electron chi connectivity index (χ0n) is 26.9. The Morgan fingerprint density at radius 2 is 1.55 bits per heavy atom. The summed E-state index contributed by atoms with van der Waals surface area (Å²) < 4.78 is 13.6. The highest BCUT2D eigenvalue weighted by atomic mass is 16.5. The Bertz CT molecular complexity index is 2000. The van der Waals surface area contributed by atoms with Crippen LogP contribution in [-0.4, -0.2) is 62.8 Å². The van der Waals surface area contributed by atoms with Gasteiger partial charge in [-0.3, -0.25) is 9.69 Å². The van der Waals surface area contributed by atoms with Crippen molar-refractivity contribution in [1.29, 1.82) is 0 Å². The summed E-state index contributed by atoms with van der Waals surface area (Å²) in [6.45, 7) is 2.05. The molecule has 10 heteroatoms. The Morgan fingerprint density at radius 1 is 0.872 bits per heavy atom. The number of carbonyl (C=O) groups is 1. The highest BCUT2D eigenvalue weighted by molar-refractivity contribution is 5.83. The third-order valence-electron chi connectivity index (χ3n) is 9.73. The lowest BCUT2D eigenvalue weighted by molar-refractivity contribution is -0.123. The minimum Gasteiger partial charge on any atom is -0.497 e. The van der Waals surface area contributed by atoms with Crippen LogP contribution in [-0.2, 0) is 30.6 Å². The first-order valence-corrected chi connectivity index (χ1v) is 16.3. The normalized spacial score (nSPS) is 14.9. The molecule has 1 aliphatic rings. The van der Waals surface area contributed by atoms with Gasteiger partial charge in [-0.05, 0) is 74.2 Å². The van der Waals surface area contributed by atoms with Crippen LogP contribution in [0.25, 0.3) is 21.8 Å². The van der Waals surface area contributed by atoms with Gasteiger partial charge >= 0.3 is 0 Å². The van der Waals surface area contributed by atoms with Crippen LogP contribution in [0.15, 0.2) is 79.1 Å². The van der Waals surface area contributed by atoms with Crippen molar-refractivity contribution >= 4 is 27.7 Å². The molecule has 1 saturated heterocycles. The number of aromatic amines is 2. The first-order valence-electron chi connectivity index (χ1n) is 16.3. The topological polar surface area (TPSA) is 127 Å². The molecule has 10 nitrogen and oxygen atoms in total. The number of ether oxygens (including phenoxy) is 2. The van der Waals surface area contributed by atoms with Gasteiger partial charge in [-0.15, -0.1) is 10.2 Å². The molecule has 1 fully saturated rings. The first kappa shape index (κ1) is 30.6. The molecule has 0 spiro atoms. The summed E-state index contributed by atoms with van der Waals surface area (Å²) >= 11 is 0. The number of para-hydroxylation sites is 2. The second-order valence-corrected chi connectivity index (χ2v) is 12.4. The highest BCUT2D eigenvalue weighted by Gasteiger charge is 2.33. The highest BCUT2D eigenvalue weighted by Crippen LogP contribution is 2.34. The Morgan fingerprint density at radius 3 is 2.23 bits per heavy atom. The Hall–Kier alpha value is -5.09. The Labute approximate surface area is 273 Å². The predicted molar refractivity (Wildman–Crippen MR) is 183 cm³/mol. The van der Waals surface area contributed by atoms with Crippen LogP contribution in [0.4, 0.5) is 0 Å². The number of nitrogens with one attached hydrogen (secondary N) is 2. The minimum atomic E-state index is -0.216. The number of benzene rings is 3. The number of piperidine rings is 1. The van der Waals surface area contributed by atoms with Crippen molar-refractivity contribution in [2.24, 2.45) is 11.7 Å². The number of aromatic nitrogens is 5. The first-order chi connectivity index (χ1) is 23.0. The molecule has 1 aliphatic heterocycles. The van der Waals surface area contributed by atoms with Gasteiger partial charge in [-0.25, -0.2) is 0 Å². The van der Waals surface area contributed by atoms with E-state index >= 15 is 0 Å². The molecule has 4 N–H and O–H groups in total. The molecule has 0 unspecified atom stereocenters. The average Bonchev–Trinajstić information content (AvgIpc) is 3.83. The number of aryl methyl sites for hydroxylation is 2. The molecular weight excluding hydrogens is 590 g/mol. The molecule has 6 aromatic rings. The third-order valence-corrected chi connectivity index (χ3v) is 9.73. The van der Waals surface area contributed by atoms with Gasteiger partial charge in [0.05, 0.1) is 26.8 Å². The molecule has 0 saturated carbocycles. The average molecular weight is 632 g/mol. The third kappa shape index (κ3) is 6.20. The van der Waals surface area contributed by atoms with Gasteiger partial charge < -0.3 is 29.7 Å². The lowest BCUT2D eigenvalue weighted by Crippen LogP contribution is -2.42. The Kier molecular flexibility index (Phi) is 8.67. The fourth-order valence-corrected chi connectivity index (χ4v) is 7.08. The van der Waals surface area contributed by atoms with Crippen molar-refractivity contribution in [2.45, 2.75) is 44.7 Å². The molecule has 3 aromatic heterocycles. The van der Waals surface area contributed by atoms with Crippen LogP contribution < -0.4 is 15.2 Å². The van der Waals surface area contributed by atoms with Crippen molar-refractivity contribution in [1.82, 2.24) is 29.6 Å². The van der Waals surface area contributed by atoms with E-state index in [9.17, 15) is 4.79 Å². The van der Waals surface area contributed by atoms with E-state index in [2.05, 4.69) is 74.3 Å². The molecule has 1 amide bonds. The van der Waals surface area contributed by atoms with E-state index in [0.717, 1.165) is 84.9 Å². The number of hydrogen-bond acceptors (Lipinski definition) is 6. The fourth-order valence-electron chi connectivity index (χ4n) is 7.08. The SMILES string of the molecule is COc1ccc(Cn2c(CCc3c[nH]c4ccccc34)nnc2[C@@H](Cc2c[nH]c3ccccc23)N2CCC(C(N)=O)CC2)c(OC)c1. The quantitative estimate of drug-likeness (QED) is 0.162. The number of hydrogen-bond donors (Lipinski definition) is 3. The molecule has 4 heterocycles. The maximum absolute atomic E-state index is 12.1. The number of H-pyrrole nitrogens is 2. The van der Waals surface area contributed by atoms with E-state index in [1.165, 1.54) is 21.9 Å². The monoisotopic (exact) mass is 631 g/mol. The summed E-state index contributed by atoms with van der Waals surface area (Å²) in [4.78, 5) is 21.4. The van der Waals surface area contributed by atoms with Gasteiger partial charge in [0.15, 0.2) is 5.82 Å². The zero-order chi connectivity index (χ0) is 32.3. The van der Waals surface area contributed by atoms with E-state index in [0.29, 0.717) is 6.54 Å². The molecule has 7 rings (SSSR count). The molecule has 1 atom stereocenters. The number of primary amides is 1. The van der Waals surface area contributed by atoms with Gasteiger partial charge in [0.1, 0.15) is 17.3 Å². The number of nitrogens with zero attached hydrogens (tertiary/aromatic N) is 4. The van der Waals surface area contributed by atoms with Gasteiger partial charge in [0.25, 0.3) is 0 Å². The van der Waals surface area contributed by atoms with E-state index in [1.54, 1.807) is 14.2 Å². The number of carbonyl (C=O) groups excluding carboxylic acids is 1. The molecular formula is C37H41N7O3. The van der Waals surface area contributed by atoms with Gasteiger partial charge in [-0.1, -0.05) is 36.4 Å². The number of rotatable bonds is 12. The molecule has 3 aromatic carbocycles. The Balaban J connectivity index is 1.29. The van der Waals surface area contributed by atoms with Gasteiger partial charge in [-0.2, -0.15) is 0 Å². The van der Waals surface area contributed by atoms with E-state index in [4.69, 9.17) is 25.4 Å². The maximum Gasteiger partial charge on any atom is 0.220 e. The van der Waals surface area contributed by atoms with Crippen LogP contribution in [0.3, 0.4) is 0 Å². The van der Waals surface area contributed by atoms with Crippen molar-refractivity contribution < 1.29 is 14.3 Å². The van der Waals surface area contributed by atoms with Crippen molar-refractivity contribution in [3.8, 4) is 11.5 Å². The molecule has 0 aliphatic carbocycles. The minimum absolute atomic E-state index is 0.0679. The summed E-state index contributed by atoms with van der Waals surface area (Å²) in [5.74, 6) is 2.99. The molecule has 0 bridgehead atoms. The standard InChI is InChI=1S/C37H41N7O3/c1-46-28-13-11-26(34(20-28)47-2)23-44-35(14-12-25-21-39-31-9-5-3-7-29(25)31)41-42-37(44)33(43-17-15-24(16-18-43)36(38)45)19-27-22-40-32-10-6-4-8-30(27)32/h3-11,13,20-22,24,33,39-40H,12,14-19,23H2,1-2H3,(H2,38,45)/t33-/m1/s1. The van der Waals surface area contributed by atoms with Crippen LogP contribution in [0.2, 0.25) is 0 Å². The largest absolute Gasteiger partial charge is 0.497 e. The van der Waals surface area contributed by atoms with Crippen LogP contribution in [0.5, 0.6) is 11.5 Å². The number of amides is 1. The smallest absolute Gasteiger partial charge is 0.220 e. The van der Waals surface area contributed by atoms with E-state index < -0.39 is 0 Å². The van der Waals surface area contributed by atoms with E-state index in [1.807, 2.05) is 24.3 Å². The molecule has 242 valence electrons. The lowest BCUT2D eigenvalue weighted by Gasteiger charge is -2.36. The maximum atomic E-state index is 12.1. The summed E-state index contributed by atoms with van der Waals surface area (Å²) in [6.07, 6.45) is 7.95. The summed E-state index contributed by atoms with van der Waals surface area (Å²) in [7, 11) is 3.35. The predicted octanol–water partition coefficient (Wildman–Crippen LogP) is 5.57. The second kappa shape index (κ2) is 13.3. The van der Waals surface area contributed by atoms with Crippen LogP contribution in [0.1, 0.15) is 47.2 Å². The molecule has 47 heavy (non-hydrogen) atoms. The lowest BCUT2D eigenvalue weighted by atomic mass is 9.93. The van der Waals surface area contributed by atoms with Crippen molar-refractivity contribution in [3.05, 3.63) is 107 Å².